The predicted octanol–water partition coefficient (Wildman–Crippen LogP) is 1.87. The highest BCUT2D eigenvalue weighted by molar-refractivity contribution is 6.08. The fourth-order valence-electron chi connectivity index (χ4n) is 3.22. The molecule has 2 aromatic heterocycles. The molecule has 1 amide bonds. The Labute approximate surface area is 158 Å². The average Bonchev–Trinajstić information content (AvgIpc) is 3.14. The Morgan fingerprint density at radius 2 is 1.96 bits per heavy atom. The Kier molecular flexibility index (Phi) is 5.32. The molecule has 1 aliphatic heterocycles. The van der Waals surface area contributed by atoms with E-state index in [9.17, 15) is 4.79 Å². The number of fused-ring (bicyclic) bond motifs is 1. The first kappa shape index (κ1) is 17.5. The van der Waals surface area contributed by atoms with E-state index in [1.807, 2.05) is 53.1 Å². The number of ether oxygens (including phenoxy) is 1. The maximum absolute atomic E-state index is 12.7. The summed E-state index contributed by atoms with van der Waals surface area (Å²) in [5.41, 5.74) is 1.82. The second kappa shape index (κ2) is 8.20. The van der Waals surface area contributed by atoms with Gasteiger partial charge in [0, 0.05) is 38.9 Å². The highest BCUT2D eigenvalue weighted by atomic mass is 16.5. The number of aromatic nitrogens is 2. The standard InChI is InChI=1S/C20H23N5O2/c26-20(19-17-6-3-4-10-25(17)15-22-19)23-16-5-1-2-7-18(16)27-14-13-24-11-8-21-9-12-24/h1-7,10,15,21H,8-9,11-14H2,(H,23,26). The van der Waals surface area contributed by atoms with E-state index in [1.165, 1.54) is 0 Å². The Balaban J connectivity index is 1.42. The van der Waals surface area contributed by atoms with E-state index in [1.54, 1.807) is 6.33 Å². The highest BCUT2D eigenvalue weighted by Crippen LogP contribution is 2.24. The van der Waals surface area contributed by atoms with E-state index in [0.29, 0.717) is 23.7 Å². The molecule has 1 fully saturated rings. The number of piperazine rings is 1. The van der Waals surface area contributed by atoms with Gasteiger partial charge >= 0.3 is 0 Å². The zero-order valence-electron chi connectivity index (χ0n) is 15.1. The third-order valence-corrected chi connectivity index (χ3v) is 4.67. The van der Waals surface area contributed by atoms with Crippen molar-refractivity contribution in [2.24, 2.45) is 0 Å². The van der Waals surface area contributed by atoms with Crippen LogP contribution in [-0.2, 0) is 0 Å². The van der Waals surface area contributed by atoms with Crippen LogP contribution in [0.3, 0.4) is 0 Å². The number of anilines is 1. The van der Waals surface area contributed by atoms with Gasteiger partial charge in [-0.15, -0.1) is 0 Å². The minimum atomic E-state index is -0.248. The molecule has 0 aliphatic carbocycles. The summed E-state index contributed by atoms with van der Waals surface area (Å²) >= 11 is 0. The number of amides is 1. The van der Waals surface area contributed by atoms with Crippen LogP contribution in [0.2, 0.25) is 0 Å². The van der Waals surface area contributed by atoms with Gasteiger partial charge in [-0.05, 0) is 24.3 Å². The molecule has 0 saturated carbocycles. The van der Waals surface area contributed by atoms with E-state index < -0.39 is 0 Å². The first-order valence-electron chi connectivity index (χ1n) is 9.19. The number of hydrogen-bond acceptors (Lipinski definition) is 5. The summed E-state index contributed by atoms with van der Waals surface area (Å²) in [4.78, 5) is 19.3. The molecule has 7 heteroatoms. The third kappa shape index (κ3) is 4.10. The zero-order chi connectivity index (χ0) is 18.5. The van der Waals surface area contributed by atoms with Gasteiger partial charge in [0.1, 0.15) is 18.7 Å². The predicted molar refractivity (Wildman–Crippen MR) is 104 cm³/mol. The van der Waals surface area contributed by atoms with E-state index in [2.05, 4.69) is 20.5 Å². The molecule has 1 aliphatic rings. The van der Waals surface area contributed by atoms with Crippen molar-refractivity contribution >= 4 is 17.1 Å². The number of para-hydroxylation sites is 2. The summed E-state index contributed by atoms with van der Waals surface area (Å²) in [6.07, 6.45) is 3.51. The molecule has 0 spiro atoms. The number of benzene rings is 1. The van der Waals surface area contributed by atoms with Crippen molar-refractivity contribution in [1.29, 1.82) is 0 Å². The Morgan fingerprint density at radius 1 is 1.15 bits per heavy atom. The van der Waals surface area contributed by atoms with Gasteiger partial charge in [-0.1, -0.05) is 18.2 Å². The van der Waals surface area contributed by atoms with Crippen molar-refractivity contribution in [1.82, 2.24) is 19.6 Å². The summed E-state index contributed by atoms with van der Waals surface area (Å²) in [7, 11) is 0. The molecule has 1 aromatic carbocycles. The summed E-state index contributed by atoms with van der Waals surface area (Å²) in [6, 6.07) is 13.2. The van der Waals surface area contributed by atoms with Crippen LogP contribution in [-0.4, -0.2) is 59.5 Å². The topological polar surface area (TPSA) is 70.9 Å². The van der Waals surface area contributed by atoms with Gasteiger partial charge in [0.25, 0.3) is 5.91 Å². The van der Waals surface area contributed by atoms with Gasteiger partial charge < -0.3 is 19.8 Å². The Hall–Kier alpha value is -2.90. The lowest BCUT2D eigenvalue weighted by Gasteiger charge is -2.27. The van der Waals surface area contributed by atoms with Crippen LogP contribution in [0.15, 0.2) is 55.0 Å². The van der Waals surface area contributed by atoms with Crippen LogP contribution in [0, 0.1) is 0 Å². The van der Waals surface area contributed by atoms with Crippen LogP contribution in [0.25, 0.3) is 5.52 Å². The molecule has 0 atom stereocenters. The maximum Gasteiger partial charge on any atom is 0.276 e. The van der Waals surface area contributed by atoms with E-state index >= 15 is 0 Å². The summed E-state index contributed by atoms with van der Waals surface area (Å²) in [5, 5.41) is 6.27. The number of carbonyl (C=O) groups excluding carboxylic acids is 1. The number of hydrogen-bond donors (Lipinski definition) is 2. The SMILES string of the molecule is O=C(Nc1ccccc1OCCN1CCNCC1)c1ncn2ccccc12. The van der Waals surface area contributed by atoms with E-state index in [0.717, 1.165) is 38.2 Å². The first-order chi connectivity index (χ1) is 13.3. The lowest BCUT2D eigenvalue weighted by molar-refractivity contribution is 0.102. The summed E-state index contributed by atoms with van der Waals surface area (Å²) < 4.78 is 7.77. The van der Waals surface area contributed by atoms with Crippen LogP contribution in [0.5, 0.6) is 5.75 Å². The number of imidazole rings is 1. The van der Waals surface area contributed by atoms with Gasteiger partial charge in [0.2, 0.25) is 0 Å². The number of carbonyl (C=O) groups is 1. The first-order valence-corrected chi connectivity index (χ1v) is 9.19. The molecular weight excluding hydrogens is 342 g/mol. The van der Waals surface area contributed by atoms with E-state index in [-0.39, 0.29) is 5.91 Å². The molecular formula is C20H23N5O2. The van der Waals surface area contributed by atoms with Crippen LogP contribution in [0.4, 0.5) is 5.69 Å². The molecule has 3 aromatic rings. The van der Waals surface area contributed by atoms with Crippen molar-refractivity contribution in [2.45, 2.75) is 0 Å². The summed E-state index contributed by atoms with van der Waals surface area (Å²) in [5.74, 6) is 0.423. The van der Waals surface area contributed by atoms with Crippen LogP contribution < -0.4 is 15.4 Å². The normalized spacial score (nSPS) is 15.0. The minimum Gasteiger partial charge on any atom is -0.490 e. The third-order valence-electron chi connectivity index (χ3n) is 4.67. The molecule has 1 saturated heterocycles. The number of rotatable bonds is 6. The summed E-state index contributed by atoms with van der Waals surface area (Å²) in [6.45, 7) is 5.57. The Bertz CT molecular complexity index is 917. The molecule has 27 heavy (non-hydrogen) atoms. The average molecular weight is 365 g/mol. The van der Waals surface area contributed by atoms with Gasteiger partial charge in [-0.2, -0.15) is 0 Å². The van der Waals surface area contributed by atoms with Gasteiger partial charge in [0.15, 0.2) is 5.69 Å². The van der Waals surface area contributed by atoms with Crippen LogP contribution in [0.1, 0.15) is 10.5 Å². The zero-order valence-corrected chi connectivity index (χ0v) is 15.1. The van der Waals surface area contributed by atoms with Crippen molar-refractivity contribution in [3.05, 3.63) is 60.7 Å². The second-order valence-electron chi connectivity index (χ2n) is 6.48. The van der Waals surface area contributed by atoms with Crippen molar-refractivity contribution in [3.63, 3.8) is 0 Å². The number of pyridine rings is 1. The molecule has 2 N–H and O–H groups in total. The van der Waals surface area contributed by atoms with Crippen LogP contribution >= 0.6 is 0 Å². The van der Waals surface area contributed by atoms with Gasteiger partial charge in [-0.3, -0.25) is 9.69 Å². The molecule has 140 valence electrons. The largest absolute Gasteiger partial charge is 0.490 e. The Morgan fingerprint density at radius 3 is 2.85 bits per heavy atom. The van der Waals surface area contributed by atoms with Gasteiger partial charge in [0.05, 0.1) is 11.2 Å². The molecule has 7 nitrogen and oxygen atoms in total. The fourth-order valence-corrected chi connectivity index (χ4v) is 3.22. The monoisotopic (exact) mass is 365 g/mol. The number of nitrogens with one attached hydrogen (secondary N) is 2. The lowest BCUT2D eigenvalue weighted by atomic mass is 10.2. The van der Waals surface area contributed by atoms with Crippen molar-refractivity contribution < 1.29 is 9.53 Å². The molecule has 4 rings (SSSR count). The fraction of sp³-hybridized carbons (Fsp3) is 0.300. The van der Waals surface area contributed by atoms with Crippen molar-refractivity contribution in [2.75, 3.05) is 44.6 Å². The minimum absolute atomic E-state index is 0.248. The lowest BCUT2D eigenvalue weighted by Crippen LogP contribution is -2.44. The molecule has 0 bridgehead atoms. The van der Waals surface area contributed by atoms with Gasteiger partial charge in [-0.25, -0.2) is 4.98 Å². The molecule has 0 unspecified atom stereocenters. The molecule has 3 heterocycles. The van der Waals surface area contributed by atoms with E-state index in [4.69, 9.17) is 4.74 Å². The maximum atomic E-state index is 12.7. The number of nitrogens with zero attached hydrogens (tertiary/aromatic N) is 3. The quantitative estimate of drug-likeness (QED) is 0.698. The molecule has 0 radical (unpaired) electrons. The van der Waals surface area contributed by atoms with Crippen molar-refractivity contribution in [3.8, 4) is 5.75 Å². The smallest absolute Gasteiger partial charge is 0.276 e. The highest BCUT2D eigenvalue weighted by Gasteiger charge is 2.15. The second-order valence-corrected chi connectivity index (χ2v) is 6.48.